The quantitative estimate of drug-likeness (QED) is 0.815. The van der Waals surface area contributed by atoms with E-state index in [1.807, 2.05) is 6.07 Å². The zero-order valence-electron chi connectivity index (χ0n) is 13.9. The topological polar surface area (TPSA) is 15.7 Å². The van der Waals surface area contributed by atoms with E-state index in [0.29, 0.717) is 0 Å². The summed E-state index contributed by atoms with van der Waals surface area (Å²) in [7, 11) is 1.73. The molecule has 0 saturated carbocycles. The summed E-state index contributed by atoms with van der Waals surface area (Å²) in [6.07, 6.45) is 1.15. The first-order valence-corrected chi connectivity index (χ1v) is 8.45. The van der Waals surface area contributed by atoms with Crippen molar-refractivity contribution < 1.29 is 4.74 Å². The third-order valence-corrected chi connectivity index (χ3v) is 4.56. The van der Waals surface area contributed by atoms with Gasteiger partial charge in [-0.25, -0.2) is 0 Å². The average molecular weight is 310 g/mol. The predicted molar refractivity (Wildman–Crippen MR) is 94.9 cm³/mol. The van der Waals surface area contributed by atoms with Crippen LogP contribution >= 0.6 is 0 Å². The van der Waals surface area contributed by atoms with Crippen LogP contribution in [0.15, 0.2) is 54.6 Å². The lowest BCUT2D eigenvalue weighted by Gasteiger charge is -2.34. The highest BCUT2D eigenvalue weighted by molar-refractivity contribution is 5.28. The molecule has 1 heterocycles. The fraction of sp³-hybridized carbons (Fsp3) is 0.400. The van der Waals surface area contributed by atoms with Crippen LogP contribution in [0.1, 0.15) is 11.1 Å². The van der Waals surface area contributed by atoms with Crippen LogP contribution in [0.5, 0.6) is 5.75 Å². The first-order valence-electron chi connectivity index (χ1n) is 8.45. The van der Waals surface area contributed by atoms with Gasteiger partial charge >= 0.3 is 0 Å². The number of methoxy groups -OCH3 is 1. The van der Waals surface area contributed by atoms with Crippen molar-refractivity contribution in [2.45, 2.75) is 13.0 Å². The number of benzene rings is 2. The fourth-order valence-electron chi connectivity index (χ4n) is 3.13. The molecule has 2 aromatic carbocycles. The summed E-state index contributed by atoms with van der Waals surface area (Å²) in [6, 6.07) is 19.2. The number of rotatable bonds is 6. The van der Waals surface area contributed by atoms with Crippen molar-refractivity contribution >= 4 is 0 Å². The summed E-state index contributed by atoms with van der Waals surface area (Å²) in [5.74, 6) is 0.948. The molecule has 3 nitrogen and oxygen atoms in total. The molecule has 0 bridgehead atoms. The molecule has 2 aromatic rings. The van der Waals surface area contributed by atoms with E-state index >= 15 is 0 Å². The molecule has 1 aliphatic heterocycles. The van der Waals surface area contributed by atoms with E-state index in [0.717, 1.165) is 51.4 Å². The van der Waals surface area contributed by atoms with Gasteiger partial charge in [0.05, 0.1) is 7.11 Å². The van der Waals surface area contributed by atoms with E-state index in [-0.39, 0.29) is 0 Å². The highest BCUT2D eigenvalue weighted by atomic mass is 16.5. The number of hydrogen-bond acceptors (Lipinski definition) is 3. The van der Waals surface area contributed by atoms with E-state index in [1.54, 1.807) is 7.11 Å². The van der Waals surface area contributed by atoms with E-state index in [9.17, 15) is 0 Å². The molecule has 0 aliphatic carbocycles. The molecule has 3 rings (SSSR count). The average Bonchev–Trinajstić information content (AvgIpc) is 2.62. The molecule has 0 spiro atoms. The minimum Gasteiger partial charge on any atom is -0.497 e. The zero-order chi connectivity index (χ0) is 15.9. The molecular formula is C20H26N2O. The molecule has 3 heteroatoms. The molecule has 0 amide bonds. The second kappa shape index (κ2) is 8.14. The summed E-state index contributed by atoms with van der Waals surface area (Å²) in [4.78, 5) is 5.11. The van der Waals surface area contributed by atoms with Gasteiger partial charge in [0, 0.05) is 39.3 Å². The Bertz CT molecular complexity index is 592. The monoisotopic (exact) mass is 310 g/mol. The van der Waals surface area contributed by atoms with Crippen molar-refractivity contribution in [3.05, 3.63) is 65.7 Å². The van der Waals surface area contributed by atoms with Gasteiger partial charge in [-0.05, 0) is 29.7 Å². The van der Waals surface area contributed by atoms with E-state index in [2.05, 4.69) is 58.3 Å². The molecule has 0 N–H and O–H groups in total. The number of ether oxygens (including phenoxy) is 1. The number of nitrogens with zero attached hydrogens (tertiary/aromatic N) is 2. The first-order chi connectivity index (χ1) is 11.3. The highest BCUT2D eigenvalue weighted by Gasteiger charge is 2.16. The van der Waals surface area contributed by atoms with Crippen molar-refractivity contribution in [1.29, 1.82) is 0 Å². The summed E-state index contributed by atoms with van der Waals surface area (Å²) in [5.41, 5.74) is 2.77. The van der Waals surface area contributed by atoms with Crippen molar-refractivity contribution in [2.75, 3.05) is 39.8 Å². The van der Waals surface area contributed by atoms with Gasteiger partial charge in [-0.2, -0.15) is 0 Å². The Morgan fingerprint density at radius 3 is 2.26 bits per heavy atom. The first kappa shape index (κ1) is 16.0. The van der Waals surface area contributed by atoms with Crippen molar-refractivity contribution in [1.82, 2.24) is 9.80 Å². The standard InChI is InChI=1S/C20H26N2O/c1-23-20-9-5-8-19(16-20)17-22-14-12-21(13-15-22)11-10-18-6-3-2-4-7-18/h2-9,16H,10-15,17H2,1H3. The van der Waals surface area contributed by atoms with Crippen LogP contribution in [0.3, 0.4) is 0 Å². The van der Waals surface area contributed by atoms with Gasteiger partial charge in [0.2, 0.25) is 0 Å². The van der Waals surface area contributed by atoms with Gasteiger partial charge in [-0.15, -0.1) is 0 Å². The summed E-state index contributed by atoms with van der Waals surface area (Å²) < 4.78 is 5.31. The maximum atomic E-state index is 5.31. The van der Waals surface area contributed by atoms with Crippen LogP contribution in [0, 0.1) is 0 Å². The summed E-state index contributed by atoms with van der Waals surface area (Å²) in [6.45, 7) is 6.80. The minimum absolute atomic E-state index is 0.948. The van der Waals surface area contributed by atoms with Crippen LogP contribution in [-0.4, -0.2) is 49.6 Å². The van der Waals surface area contributed by atoms with Gasteiger partial charge in [0.1, 0.15) is 5.75 Å². The Labute approximate surface area is 139 Å². The SMILES string of the molecule is COc1cccc(CN2CCN(CCc3ccccc3)CC2)c1. The molecule has 23 heavy (non-hydrogen) atoms. The third-order valence-electron chi connectivity index (χ3n) is 4.56. The van der Waals surface area contributed by atoms with Crippen molar-refractivity contribution in [3.8, 4) is 5.75 Å². The molecule has 0 aromatic heterocycles. The highest BCUT2D eigenvalue weighted by Crippen LogP contribution is 2.15. The van der Waals surface area contributed by atoms with E-state index in [1.165, 1.54) is 11.1 Å². The Hall–Kier alpha value is -1.84. The normalized spacial score (nSPS) is 16.4. The molecule has 1 saturated heterocycles. The zero-order valence-corrected chi connectivity index (χ0v) is 13.9. The van der Waals surface area contributed by atoms with Crippen LogP contribution in [-0.2, 0) is 13.0 Å². The van der Waals surface area contributed by atoms with Crippen molar-refractivity contribution in [2.24, 2.45) is 0 Å². The molecule has 1 fully saturated rings. The van der Waals surface area contributed by atoms with Crippen LogP contribution in [0.25, 0.3) is 0 Å². The molecular weight excluding hydrogens is 284 g/mol. The van der Waals surface area contributed by atoms with Crippen molar-refractivity contribution in [3.63, 3.8) is 0 Å². The molecule has 1 aliphatic rings. The van der Waals surface area contributed by atoms with E-state index in [4.69, 9.17) is 4.74 Å². The molecule has 0 radical (unpaired) electrons. The Balaban J connectivity index is 1.43. The Morgan fingerprint density at radius 1 is 0.826 bits per heavy atom. The maximum Gasteiger partial charge on any atom is 0.119 e. The van der Waals surface area contributed by atoms with Gasteiger partial charge in [0.25, 0.3) is 0 Å². The van der Waals surface area contributed by atoms with Gasteiger partial charge in [0.15, 0.2) is 0 Å². The lowest BCUT2D eigenvalue weighted by Crippen LogP contribution is -2.46. The van der Waals surface area contributed by atoms with Gasteiger partial charge in [-0.3, -0.25) is 4.90 Å². The van der Waals surface area contributed by atoms with E-state index < -0.39 is 0 Å². The second-order valence-corrected chi connectivity index (χ2v) is 6.20. The lowest BCUT2D eigenvalue weighted by molar-refractivity contribution is 0.128. The molecule has 122 valence electrons. The summed E-state index contributed by atoms with van der Waals surface area (Å²) in [5, 5.41) is 0. The summed E-state index contributed by atoms with van der Waals surface area (Å²) >= 11 is 0. The second-order valence-electron chi connectivity index (χ2n) is 6.20. The number of piperazine rings is 1. The number of hydrogen-bond donors (Lipinski definition) is 0. The lowest BCUT2D eigenvalue weighted by atomic mass is 10.1. The largest absolute Gasteiger partial charge is 0.497 e. The Kier molecular flexibility index (Phi) is 5.67. The van der Waals surface area contributed by atoms with Crippen LogP contribution < -0.4 is 4.74 Å². The predicted octanol–water partition coefficient (Wildman–Crippen LogP) is 3.06. The fourth-order valence-corrected chi connectivity index (χ4v) is 3.13. The smallest absolute Gasteiger partial charge is 0.119 e. The van der Waals surface area contributed by atoms with Crippen LogP contribution in [0.4, 0.5) is 0 Å². The van der Waals surface area contributed by atoms with Gasteiger partial charge in [-0.1, -0.05) is 42.5 Å². The Morgan fingerprint density at radius 2 is 1.52 bits per heavy atom. The third kappa shape index (κ3) is 4.81. The van der Waals surface area contributed by atoms with Gasteiger partial charge < -0.3 is 9.64 Å². The van der Waals surface area contributed by atoms with Crippen LogP contribution in [0.2, 0.25) is 0 Å². The minimum atomic E-state index is 0.948. The molecule has 0 unspecified atom stereocenters. The molecule has 0 atom stereocenters. The maximum absolute atomic E-state index is 5.31.